The van der Waals surface area contributed by atoms with Crippen LogP contribution in [0.1, 0.15) is 17.3 Å². The van der Waals surface area contributed by atoms with Crippen LogP contribution < -0.4 is 10.5 Å². The molecular weight excluding hydrogens is 282 g/mol. The highest BCUT2D eigenvalue weighted by molar-refractivity contribution is 7.89. The molecule has 0 aliphatic rings. The summed E-state index contributed by atoms with van der Waals surface area (Å²) in [6, 6.07) is 1.22. The number of hydrogen-bond donors (Lipinski definition) is 3. The monoisotopic (exact) mass is 293 g/mol. The van der Waals surface area contributed by atoms with E-state index in [4.69, 9.17) is 21.8 Å². The van der Waals surface area contributed by atoms with Crippen molar-refractivity contribution in [2.24, 2.45) is 5.14 Å². The Labute approximate surface area is 109 Å². The lowest BCUT2D eigenvalue weighted by Gasteiger charge is -2.12. The van der Waals surface area contributed by atoms with Gasteiger partial charge in [-0.1, -0.05) is 11.6 Å². The zero-order valence-electron chi connectivity index (χ0n) is 9.42. The van der Waals surface area contributed by atoms with Crippen LogP contribution in [0.3, 0.4) is 0 Å². The Balaban J connectivity index is 2.78. The number of carbonyl (C=O) groups is 1. The number of carboxylic acids is 1. The molecule has 0 aromatic carbocycles. The van der Waals surface area contributed by atoms with E-state index < -0.39 is 21.2 Å². The quantitative estimate of drug-likeness (QED) is 0.727. The minimum atomic E-state index is -3.63. The predicted octanol–water partition coefficient (Wildman–Crippen LogP) is 0.522. The normalized spacial score (nSPS) is 13.1. The molecule has 0 saturated carbocycles. The fourth-order valence-electron chi connectivity index (χ4n) is 1.04. The lowest BCUT2D eigenvalue weighted by atomic mass is 10.3. The standard InChI is InChI=1S/C9H12ClN3O4S/c1-5(18(11,16)17)3-12-8-7(10)2-6(4-13-8)9(14)15/h2,4-5H,3H2,1H3,(H,12,13)(H,14,15)(H2,11,16,17). The van der Waals surface area contributed by atoms with Crippen LogP contribution >= 0.6 is 11.6 Å². The van der Waals surface area contributed by atoms with Gasteiger partial charge < -0.3 is 10.4 Å². The number of halogens is 1. The summed E-state index contributed by atoms with van der Waals surface area (Å²) in [7, 11) is -3.63. The van der Waals surface area contributed by atoms with E-state index in [0.717, 1.165) is 6.20 Å². The molecular formula is C9H12ClN3O4S. The highest BCUT2D eigenvalue weighted by atomic mass is 35.5. The van der Waals surface area contributed by atoms with E-state index in [0.29, 0.717) is 0 Å². The third kappa shape index (κ3) is 3.83. The minimum Gasteiger partial charge on any atom is -0.478 e. The Kier molecular flexibility index (Phi) is 4.49. The number of primary sulfonamides is 1. The maximum Gasteiger partial charge on any atom is 0.337 e. The Hall–Kier alpha value is -1.38. The number of aromatic nitrogens is 1. The predicted molar refractivity (Wildman–Crippen MR) is 67.3 cm³/mol. The van der Waals surface area contributed by atoms with Gasteiger partial charge in [0.05, 0.1) is 15.8 Å². The molecule has 4 N–H and O–H groups in total. The van der Waals surface area contributed by atoms with Crippen molar-refractivity contribution in [3.63, 3.8) is 0 Å². The van der Waals surface area contributed by atoms with Crippen molar-refractivity contribution in [2.45, 2.75) is 12.2 Å². The van der Waals surface area contributed by atoms with Crippen LogP contribution in [0.15, 0.2) is 12.3 Å². The summed E-state index contributed by atoms with van der Waals surface area (Å²) in [5.41, 5.74) is -0.0509. The summed E-state index contributed by atoms with van der Waals surface area (Å²) >= 11 is 5.80. The lowest BCUT2D eigenvalue weighted by Crippen LogP contribution is -2.32. The summed E-state index contributed by atoms with van der Waals surface area (Å²) in [6.07, 6.45) is 1.12. The van der Waals surface area contributed by atoms with Crippen molar-refractivity contribution in [1.29, 1.82) is 0 Å². The van der Waals surface area contributed by atoms with Crippen molar-refractivity contribution in [2.75, 3.05) is 11.9 Å². The van der Waals surface area contributed by atoms with Gasteiger partial charge in [-0.2, -0.15) is 0 Å². The molecule has 1 heterocycles. The highest BCUT2D eigenvalue weighted by Gasteiger charge is 2.16. The number of carboxylic acid groups (broad SMARTS) is 1. The third-order valence-corrected chi connectivity index (χ3v) is 3.78. The molecule has 7 nitrogen and oxygen atoms in total. The van der Waals surface area contributed by atoms with Crippen LogP contribution in [0.4, 0.5) is 5.82 Å². The first-order chi connectivity index (χ1) is 8.21. The smallest absolute Gasteiger partial charge is 0.337 e. The number of nitrogens with zero attached hydrogens (tertiary/aromatic N) is 1. The van der Waals surface area contributed by atoms with Gasteiger partial charge in [0, 0.05) is 12.7 Å². The first-order valence-electron chi connectivity index (χ1n) is 4.86. The average molecular weight is 294 g/mol. The summed E-state index contributed by atoms with van der Waals surface area (Å²) < 4.78 is 22.0. The second-order valence-electron chi connectivity index (χ2n) is 3.64. The Bertz CT molecular complexity index is 561. The number of anilines is 1. The highest BCUT2D eigenvalue weighted by Crippen LogP contribution is 2.20. The van der Waals surface area contributed by atoms with Crippen LogP contribution in [0.2, 0.25) is 5.02 Å². The molecule has 1 unspecified atom stereocenters. The van der Waals surface area contributed by atoms with Crippen molar-refractivity contribution in [1.82, 2.24) is 4.98 Å². The van der Waals surface area contributed by atoms with Crippen LogP contribution in [-0.4, -0.2) is 36.3 Å². The molecule has 0 fully saturated rings. The Morgan fingerprint density at radius 2 is 2.28 bits per heavy atom. The van der Waals surface area contributed by atoms with Gasteiger partial charge in [0.15, 0.2) is 0 Å². The first-order valence-corrected chi connectivity index (χ1v) is 6.85. The number of hydrogen-bond acceptors (Lipinski definition) is 5. The number of nitrogens with two attached hydrogens (primary N) is 1. The van der Waals surface area contributed by atoms with Gasteiger partial charge in [0.1, 0.15) is 5.82 Å². The fraction of sp³-hybridized carbons (Fsp3) is 0.333. The fourth-order valence-corrected chi connectivity index (χ4v) is 1.59. The van der Waals surface area contributed by atoms with E-state index in [9.17, 15) is 13.2 Å². The number of sulfonamides is 1. The molecule has 1 aromatic heterocycles. The number of rotatable bonds is 5. The molecule has 1 atom stereocenters. The largest absolute Gasteiger partial charge is 0.478 e. The van der Waals surface area contributed by atoms with Crippen molar-refractivity contribution in [3.05, 3.63) is 22.8 Å². The van der Waals surface area contributed by atoms with Crippen LogP contribution in [0.5, 0.6) is 0 Å². The molecule has 0 aliphatic heterocycles. The summed E-state index contributed by atoms with van der Waals surface area (Å²) in [4.78, 5) is 14.4. The maximum absolute atomic E-state index is 11.0. The van der Waals surface area contributed by atoms with Gasteiger partial charge in [-0.3, -0.25) is 0 Å². The van der Waals surface area contributed by atoms with Crippen molar-refractivity contribution < 1.29 is 18.3 Å². The summed E-state index contributed by atoms with van der Waals surface area (Å²) in [5.74, 6) is -0.939. The van der Waals surface area contributed by atoms with Crippen LogP contribution in [0.25, 0.3) is 0 Å². The van der Waals surface area contributed by atoms with Gasteiger partial charge in [-0.15, -0.1) is 0 Å². The molecule has 100 valence electrons. The van der Waals surface area contributed by atoms with Crippen molar-refractivity contribution in [3.8, 4) is 0 Å². The minimum absolute atomic E-state index is 0.0258. The number of nitrogens with one attached hydrogen (secondary N) is 1. The molecule has 18 heavy (non-hydrogen) atoms. The van der Waals surface area contributed by atoms with Gasteiger partial charge >= 0.3 is 5.97 Å². The molecule has 1 rings (SSSR count). The molecule has 0 spiro atoms. The van der Waals surface area contributed by atoms with E-state index in [-0.39, 0.29) is 22.9 Å². The van der Waals surface area contributed by atoms with E-state index >= 15 is 0 Å². The van der Waals surface area contributed by atoms with Gasteiger partial charge in [0.2, 0.25) is 10.0 Å². The molecule has 0 amide bonds. The summed E-state index contributed by atoms with van der Waals surface area (Å²) in [6.45, 7) is 1.46. The van der Waals surface area contributed by atoms with E-state index in [2.05, 4.69) is 10.3 Å². The first kappa shape index (κ1) is 14.7. The van der Waals surface area contributed by atoms with Crippen LogP contribution in [-0.2, 0) is 10.0 Å². The number of pyridine rings is 1. The topological polar surface area (TPSA) is 122 Å². The second kappa shape index (κ2) is 5.51. The third-order valence-electron chi connectivity index (χ3n) is 2.21. The summed E-state index contributed by atoms with van der Waals surface area (Å²) in [5, 5.41) is 15.6. The lowest BCUT2D eigenvalue weighted by molar-refractivity contribution is 0.0696. The van der Waals surface area contributed by atoms with Gasteiger partial charge in [-0.25, -0.2) is 23.3 Å². The second-order valence-corrected chi connectivity index (χ2v) is 6.03. The number of aromatic carboxylic acids is 1. The molecule has 0 aliphatic carbocycles. The molecule has 0 bridgehead atoms. The van der Waals surface area contributed by atoms with Gasteiger partial charge in [-0.05, 0) is 13.0 Å². The zero-order valence-corrected chi connectivity index (χ0v) is 11.0. The van der Waals surface area contributed by atoms with Gasteiger partial charge in [0.25, 0.3) is 0 Å². The SMILES string of the molecule is CC(CNc1ncc(C(=O)O)cc1Cl)S(N)(=O)=O. The van der Waals surface area contributed by atoms with E-state index in [1.54, 1.807) is 0 Å². The van der Waals surface area contributed by atoms with Crippen molar-refractivity contribution >= 4 is 33.4 Å². The molecule has 1 aromatic rings. The van der Waals surface area contributed by atoms with E-state index in [1.807, 2.05) is 0 Å². The van der Waals surface area contributed by atoms with E-state index in [1.165, 1.54) is 13.0 Å². The molecule has 0 radical (unpaired) electrons. The molecule has 9 heteroatoms. The Morgan fingerprint density at radius 1 is 1.67 bits per heavy atom. The average Bonchev–Trinajstić information content (AvgIpc) is 2.25. The Morgan fingerprint density at radius 3 is 2.72 bits per heavy atom. The zero-order chi connectivity index (χ0) is 13.9. The van der Waals surface area contributed by atoms with Crippen LogP contribution in [0, 0.1) is 0 Å². The molecule has 0 saturated heterocycles. The maximum atomic E-state index is 11.0.